The second kappa shape index (κ2) is 2.31. The van der Waals surface area contributed by atoms with Gasteiger partial charge in [-0.3, -0.25) is 0 Å². The number of benzene rings is 1. The molecule has 0 fully saturated rings. The van der Waals surface area contributed by atoms with Crippen molar-refractivity contribution < 1.29 is 0 Å². The highest BCUT2D eigenvalue weighted by Crippen LogP contribution is 2.15. The van der Waals surface area contributed by atoms with Crippen molar-refractivity contribution in [3.8, 4) is 0 Å². The van der Waals surface area contributed by atoms with E-state index >= 15 is 0 Å². The van der Waals surface area contributed by atoms with Gasteiger partial charge in [0.25, 0.3) is 0 Å². The number of aromatic nitrogens is 1. The first kappa shape index (κ1) is 6.80. The van der Waals surface area contributed by atoms with Crippen LogP contribution in [-0.2, 0) is 0 Å². The van der Waals surface area contributed by atoms with Gasteiger partial charge in [-0.1, -0.05) is 17.1 Å². The zero-order valence-corrected chi connectivity index (χ0v) is 6.94. The molecular weight excluding hydrogens is 156 g/mol. The van der Waals surface area contributed by atoms with Gasteiger partial charge in [0.05, 0.1) is 0 Å². The Morgan fingerprint density at radius 1 is 1.36 bits per heavy atom. The van der Waals surface area contributed by atoms with E-state index in [0.717, 1.165) is 5.02 Å². The maximum atomic E-state index is 5.87. The molecule has 0 aliphatic carbocycles. The van der Waals surface area contributed by atoms with E-state index in [1.807, 2.05) is 32.2 Å². The van der Waals surface area contributed by atoms with Gasteiger partial charge in [0.2, 0.25) is 0 Å². The van der Waals surface area contributed by atoms with Crippen LogP contribution in [-0.4, -0.2) is 12.8 Å². The van der Waals surface area contributed by atoms with Crippen LogP contribution in [0.3, 0.4) is 0 Å². The van der Waals surface area contributed by atoms with E-state index in [2.05, 4.69) is 4.98 Å². The fourth-order valence-electron chi connectivity index (χ4n) is 1.31. The number of aromatic amines is 1. The first-order chi connectivity index (χ1) is 5.27. The highest BCUT2D eigenvalue weighted by molar-refractivity contribution is 6.41. The first-order valence-electron chi connectivity index (χ1n) is 3.50. The molecule has 0 bridgehead atoms. The number of H-pyrrole nitrogens is 1. The van der Waals surface area contributed by atoms with Crippen LogP contribution in [0.25, 0.3) is 10.9 Å². The van der Waals surface area contributed by atoms with E-state index in [1.165, 1.54) is 16.4 Å². The van der Waals surface area contributed by atoms with Crippen molar-refractivity contribution in [1.82, 2.24) is 4.98 Å². The van der Waals surface area contributed by atoms with Gasteiger partial charge in [-0.2, -0.15) is 0 Å². The predicted octanol–water partition coefficient (Wildman–Crippen LogP) is 1.08. The van der Waals surface area contributed by atoms with Crippen LogP contribution in [0.5, 0.6) is 0 Å². The Balaban J connectivity index is 2.91. The van der Waals surface area contributed by atoms with Crippen LogP contribution in [0, 0.1) is 0 Å². The summed E-state index contributed by atoms with van der Waals surface area (Å²) in [4.78, 5) is 3.16. The standard InChI is InChI=1S/C8H7BClN/c9-7-4-6(10)3-5-1-2-11-8(5)7/h1-4,11H,9H2. The zero-order valence-electron chi connectivity index (χ0n) is 6.19. The van der Waals surface area contributed by atoms with E-state index in [4.69, 9.17) is 11.6 Å². The van der Waals surface area contributed by atoms with Crippen molar-refractivity contribution in [2.45, 2.75) is 0 Å². The minimum atomic E-state index is 0.801. The molecule has 0 saturated heterocycles. The summed E-state index contributed by atoms with van der Waals surface area (Å²) in [5, 5.41) is 1.98. The quantitative estimate of drug-likeness (QED) is 0.560. The van der Waals surface area contributed by atoms with Gasteiger partial charge in [0.15, 0.2) is 0 Å². The lowest BCUT2D eigenvalue weighted by Gasteiger charge is -1.96. The fourth-order valence-corrected chi connectivity index (χ4v) is 1.59. The van der Waals surface area contributed by atoms with Crippen LogP contribution in [0.2, 0.25) is 5.02 Å². The summed E-state index contributed by atoms with van der Waals surface area (Å²) in [5.41, 5.74) is 2.37. The summed E-state index contributed by atoms with van der Waals surface area (Å²) in [6.07, 6.45) is 1.92. The Morgan fingerprint density at radius 2 is 2.18 bits per heavy atom. The van der Waals surface area contributed by atoms with Crippen molar-refractivity contribution in [2.75, 3.05) is 0 Å². The van der Waals surface area contributed by atoms with Crippen LogP contribution in [0.1, 0.15) is 0 Å². The topological polar surface area (TPSA) is 15.8 Å². The monoisotopic (exact) mass is 163 g/mol. The second-order valence-electron chi connectivity index (χ2n) is 2.66. The lowest BCUT2D eigenvalue weighted by Crippen LogP contribution is -2.02. The number of nitrogens with one attached hydrogen (secondary N) is 1. The zero-order chi connectivity index (χ0) is 7.84. The van der Waals surface area contributed by atoms with Gasteiger partial charge >= 0.3 is 0 Å². The van der Waals surface area contributed by atoms with Crippen molar-refractivity contribution in [1.29, 1.82) is 0 Å². The lowest BCUT2D eigenvalue weighted by atomic mass is 9.94. The maximum absolute atomic E-state index is 5.87. The summed E-state index contributed by atoms with van der Waals surface area (Å²) in [5.74, 6) is 0. The van der Waals surface area contributed by atoms with Gasteiger partial charge in [0, 0.05) is 22.1 Å². The van der Waals surface area contributed by atoms with Crippen LogP contribution in [0.15, 0.2) is 24.4 Å². The Morgan fingerprint density at radius 3 is 3.00 bits per heavy atom. The largest absolute Gasteiger partial charge is 0.362 e. The molecular formula is C8H7BClN. The third-order valence-electron chi connectivity index (χ3n) is 1.82. The molecule has 0 aliphatic rings. The van der Waals surface area contributed by atoms with Gasteiger partial charge < -0.3 is 4.98 Å². The lowest BCUT2D eigenvalue weighted by molar-refractivity contribution is 1.49. The summed E-state index contributed by atoms with van der Waals surface area (Å²) in [7, 11) is 2.05. The van der Waals surface area contributed by atoms with E-state index < -0.39 is 0 Å². The molecule has 2 aromatic rings. The fraction of sp³-hybridized carbons (Fsp3) is 0. The van der Waals surface area contributed by atoms with Gasteiger partial charge in [0.1, 0.15) is 7.85 Å². The number of rotatable bonds is 0. The molecule has 0 saturated carbocycles. The van der Waals surface area contributed by atoms with Crippen LogP contribution in [0.4, 0.5) is 0 Å². The van der Waals surface area contributed by atoms with Crippen LogP contribution < -0.4 is 5.46 Å². The van der Waals surface area contributed by atoms with Crippen molar-refractivity contribution in [3.05, 3.63) is 29.4 Å². The highest BCUT2D eigenvalue weighted by Gasteiger charge is 1.98. The van der Waals surface area contributed by atoms with E-state index in [-0.39, 0.29) is 0 Å². The van der Waals surface area contributed by atoms with Crippen molar-refractivity contribution in [2.24, 2.45) is 0 Å². The molecule has 0 aliphatic heterocycles. The third-order valence-corrected chi connectivity index (χ3v) is 2.04. The molecule has 0 spiro atoms. The molecule has 3 heteroatoms. The molecule has 0 radical (unpaired) electrons. The Hall–Kier alpha value is -0.885. The summed E-state index contributed by atoms with van der Waals surface area (Å²) >= 11 is 5.87. The summed E-state index contributed by atoms with van der Waals surface area (Å²) in [6, 6.07) is 5.94. The van der Waals surface area contributed by atoms with Gasteiger partial charge in [-0.15, -0.1) is 0 Å². The summed E-state index contributed by atoms with van der Waals surface area (Å²) in [6.45, 7) is 0. The van der Waals surface area contributed by atoms with E-state index in [0.29, 0.717) is 0 Å². The van der Waals surface area contributed by atoms with E-state index in [1.54, 1.807) is 0 Å². The smallest absolute Gasteiger partial charge is 0.142 e. The molecule has 1 aromatic heterocycles. The minimum absolute atomic E-state index is 0.801. The Bertz CT molecular complexity index is 394. The average molecular weight is 163 g/mol. The molecule has 1 N–H and O–H groups in total. The van der Waals surface area contributed by atoms with E-state index in [9.17, 15) is 0 Å². The Labute approximate surface area is 70.8 Å². The molecule has 0 unspecified atom stereocenters. The Kier molecular flexibility index (Phi) is 1.43. The molecule has 54 valence electrons. The molecule has 1 nitrogen and oxygen atoms in total. The van der Waals surface area contributed by atoms with Crippen molar-refractivity contribution in [3.63, 3.8) is 0 Å². The molecule has 0 atom stereocenters. The molecule has 0 amide bonds. The summed E-state index contributed by atoms with van der Waals surface area (Å²) < 4.78 is 0. The molecule has 11 heavy (non-hydrogen) atoms. The SMILES string of the molecule is Bc1cc(Cl)cc2cc[nH]c12. The van der Waals surface area contributed by atoms with Crippen molar-refractivity contribution >= 4 is 35.8 Å². The number of hydrogen-bond acceptors (Lipinski definition) is 0. The van der Waals surface area contributed by atoms with Crippen LogP contribution >= 0.6 is 11.6 Å². The minimum Gasteiger partial charge on any atom is -0.362 e. The number of fused-ring (bicyclic) bond motifs is 1. The molecule has 1 heterocycles. The molecule has 2 rings (SSSR count). The third kappa shape index (κ3) is 1.03. The first-order valence-corrected chi connectivity index (χ1v) is 3.88. The van der Waals surface area contributed by atoms with Gasteiger partial charge in [-0.25, -0.2) is 0 Å². The van der Waals surface area contributed by atoms with Gasteiger partial charge in [-0.05, 0) is 18.2 Å². The highest BCUT2D eigenvalue weighted by atomic mass is 35.5. The maximum Gasteiger partial charge on any atom is 0.142 e. The number of hydrogen-bond donors (Lipinski definition) is 1. The number of halogens is 1. The normalized spacial score (nSPS) is 10.6. The molecule has 1 aromatic carbocycles. The average Bonchev–Trinajstić information content (AvgIpc) is 2.34. The predicted molar refractivity (Wildman–Crippen MR) is 51.5 cm³/mol. The second-order valence-corrected chi connectivity index (χ2v) is 3.10.